The Morgan fingerprint density at radius 1 is 0.925 bits per heavy atom. The highest BCUT2D eigenvalue weighted by Gasteiger charge is 2.45. The van der Waals surface area contributed by atoms with Crippen LogP contribution in [0.4, 0.5) is 4.39 Å². The van der Waals surface area contributed by atoms with Gasteiger partial charge in [0.25, 0.3) is 11.7 Å². The highest BCUT2D eigenvalue weighted by atomic mass is 19.1. The van der Waals surface area contributed by atoms with Gasteiger partial charge in [-0.3, -0.25) is 9.59 Å². The number of unbranched alkanes of at least 4 members (excludes halogenated alkanes) is 2. The van der Waals surface area contributed by atoms with Crippen LogP contribution in [0, 0.1) is 5.82 Å². The molecule has 1 N–H and O–H groups in total. The summed E-state index contributed by atoms with van der Waals surface area (Å²) >= 11 is 0. The van der Waals surface area contributed by atoms with Gasteiger partial charge in [0, 0.05) is 12.1 Å². The van der Waals surface area contributed by atoms with Crippen LogP contribution in [0.5, 0.6) is 5.75 Å². The van der Waals surface area contributed by atoms with Crippen LogP contribution in [0.25, 0.3) is 5.76 Å². The van der Waals surface area contributed by atoms with E-state index in [1.165, 1.54) is 17.0 Å². The molecular weight excluding hydrogens is 505 g/mol. The summed E-state index contributed by atoms with van der Waals surface area (Å²) in [6.45, 7) is 9.35. The number of aliphatic hydroxyl groups excluding tert-OH is 1. The van der Waals surface area contributed by atoms with Crippen molar-refractivity contribution in [2.45, 2.75) is 64.8 Å². The number of carbonyl (C=O) groups excluding carboxylic acids is 2. The fraction of sp³-hybridized carbons (Fsp3) is 0.353. The largest absolute Gasteiger partial charge is 0.507 e. The summed E-state index contributed by atoms with van der Waals surface area (Å²) in [5.74, 6) is -1.25. The Balaban J connectivity index is 1.68. The van der Waals surface area contributed by atoms with Crippen molar-refractivity contribution < 1.29 is 23.8 Å². The summed E-state index contributed by atoms with van der Waals surface area (Å²) in [5.41, 5.74) is 3.14. The molecule has 6 heteroatoms. The van der Waals surface area contributed by atoms with Gasteiger partial charge in [-0.2, -0.15) is 0 Å². The van der Waals surface area contributed by atoms with Gasteiger partial charge in [0.05, 0.1) is 18.2 Å². The quantitative estimate of drug-likeness (QED) is 0.126. The zero-order chi connectivity index (χ0) is 28.9. The Labute approximate surface area is 236 Å². The van der Waals surface area contributed by atoms with Crippen molar-refractivity contribution in [1.29, 1.82) is 0 Å². The lowest BCUT2D eigenvalue weighted by Gasteiger charge is -2.26. The second-order valence-corrected chi connectivity index (χ2v) is 11.3. The number of Topliss-reactive ketones (excluding diaryl/α,β-unsaturated/α-hetero) is 1. The van der Waals surface area contributed by atoms with Crippen LogP contribution in [0.3, 0.4) is 0 Å². The third-order valence-electron chi connectivity index (χ3n) is 7.33. The van der Waals surface area contributed by atoms with Crippen molar-refractivity contribution in [2.75, 3.05) is 13.2 Å². The number of hydrogen-bond acceptors (Lipinski definition) is 4. The number of rotatable bonds is 10. The molecule has 1 amide bonds. The second-order valence-electron chi connectivity index (χ2n) is 11.3. The predicted octanol–water partition coefficient (Wildman–Crippen LogP) is 7.36. The zero-order valence-corrected chi connectivity index (χ0v) is 23.7. The molecule has 1 heterocycles. The van der Waals surface area contributed by atoms with Gasteiger partial charge in [0.1, 0.15) is 17.3 Å². The molecule has 0 spiro atoms. The Morgan fingerprint density at radius 2 is 1.57 bits per heavy atom. The molecule has 0 radical (unpaired) electrons. The molecule has 5 nitrogen and oxygen atoms in total. The minimum absolute atomic E-state index is 0.0595. The highest BCUT2D eigenvalue weighted by Crippen LogP contribution is 2.40. The Bertz CT molecular complexity index is 1350. The third-order valence-corrected chi connectivity index (χ3v) is 7.33. The topological polar surface area (TPSA) is 66.8 Å². The number of halogens is 1. The molecule has 4 rings (SSSR count). The number of carbonyl (C=O) groups is 2. The summed E-state index contributed by atoms with van der Waals surface area (Å²) in [4.78, 5) is 28.2. The summed E-state index contributed by atoms with van der Waals surface area (Å²) in [7, 11) is 0. The first kappa shape index (κ1) is 29.1. The van der Waals surface area contributed by atoms with Gasteiger partial charge in [-0.05, 0) is 71.3 Å². The molecule has 40 heavy (non-hydrogen) atoms. The zero-order valence-electron chi connectivity index (χ0n) is 23.7. The van der Waals surface area contributed by atoms with Crippen molar-refractivity contribution in [1.82, 2.24) is 4.90 Å². The number of nitrogens with zero attached hydrogens (tertiary/aromatic N) is 1. The average Bonchev–Trinajstić information content (AvgIpc) is 3.19. The van der Waals surface area contributed by atoms with Gasteiger partial charge in [-0.25, -0.2) is 4.39 Å². The maximum Gasteiger partial charge on any atom is 0.295 e. The molecule has 1 fully saturated rings. The van der Waals surface area contributed by atoms with E-state index in [0.29, 0.717) is 24.3 Å². The van der Waals surface area contributed by atoms with Crippen LogP contribution in [0.1, 0.15) is 75.3 Å². The number of benzene rings is 3. The lowest BCUT2D eigenvalue weighted by Crippen LogP contribution is -2.31. The molecule has 0 aromatic heterocycles. The summed E-state index contributed by atoms with van der Waals surface area (Å²) in [6, 6.07) is 20.1. The van der Waals surface area contributed by atoms with E-state index in [-0.39, 0.29) is 29.1 Å². The van der Waals surface area contributed by atoms with Gasteiger partial charge in [-0.1, -0.05) is 76.9 Å². The number of aliphatic hydroxyl groups is 1. The fourth-order valence-corrected chi connectivity index (χ4v) is 4.93. The van der Waals surface area contributed by atoms with E-state index in [1.54, 1.807) is 36.4 Å². The maximum absolute atomic E-state index is 13.4. The Morgan fingerprint density at radius 3 is 2.17 bits per heavy atom. The molecule has 1 aliphatic rings. The van der Waals surface area contributed by atoms with E-state index in [0.717, 1.165) is 36.0 Å². The van der Waals surface area contributed by atoms with Gasteiger partial charge in [0.15, 0.2) is 0 Å². The van der Waals surface area contributed by atoms with Crippen LogP contribution in [0.15, 0.2) is 78.4 Å². The smallest absolute Gasteiger partial charge is 0.295 e. The number of amides is 1. The van der Waals surface area contributed by atoms with Crippen molar-refractivity contribution >= 4 is 17.4 Å². The third kappa shape index (κ3) is 6.61. The molecule has 0 aliphatic carbocycles. The molecule has 1 aliphatic heterocycles. The summed E-state index contributed by atoms with van der Waals surface area (Å²) in [6.07, 6.45) is 3.61. The minimum atomic E-state index is -0.751. The number of likely N-dealkylation sites (tertiary alicyclic amines) is 1. The van der Waals surface area contributed by atoms with Crippen molar-refractivity contribution in [3.05, 3.63) is 106 Å². The summed E-state index contributed by atoms with van der Waals surface area (Å²) < 4.78 is 19.2. The van der Waals surface area contributed by atoms with Gasteiger partial charge < -0.3 is 14.7 Å². The highest BCUT2D eigenvalue weighted by molar-refractivity contribution is 6.46. The van der Waals surface area contributed by atoms with Crippen LogP contribution in [-0.2, 0) is 21.4 Å². The molecule has 210 valence electrons. The number of ketones is 1. The van der Waals surface area contributed by atoms with Crippen molar-refractivity contribution in [3.63, 3.8) is 0 Å². The van der Waals surface area contributed by atoms with Crippen LogP contribution in [0.2, 0.25) is 0 Å². The molecule has 0 bridgehead atoms. The van der Waals surface area contributed by atoms with Gasteiger partial charge >= 0.3 is 0 Å². The first-order valence-electron chi connectivity index (χ1n) is 14.0. The number of ether oxygens (including phenoxy) is 1. The fourth-order valence-electron chi connectivity index (χ4n) is 4.93. The van der Waals surface area contributed by atoms with Crippen molar-refractivity contribution in [3.8, 4) is 5.75 Å². The molecule has 0 saturated carbocycles. The standard InChI is InChI=1S/C34H38FNO4/c1-5-6-7-22-40-28-18-12-25(13-19-28)31(37)29-30(24-10-14-26(15-11-24)34(2,3)4)36(33(39)32(29)38)21-20-23-8-16-27(35)17-9-23/h8-19,30,37H,5-7,20-22H2,1-4H3/b31-29-. The molecule has 1 unspecified atom stereocenters. The van der Waals surface area contributed by atoms with E-state index < -0.39 is 17.7 Å². The van der Waals surface area contributed by atoms with Crippen LogP contribution < -0.4 is 4.74 Å². The SMILES string of the molecule is CCCCCOc1ccc(/C(O)=C2/C(=O)C(=O)N(CCc3ccc(F)cc3)C2c2ccc(C(C)(C)C)cc2)cc1. The molecule has 3 aromatic rings. The molecule has 1 saturated heterocycles. The van der Waals surface area contributed by atoms with Gasteiger partial charge in [0.2, 0.25) is 0 Å². The lowest BCUT2D eigenvalue weighted by atomic mass is 9.85. The Hall–Kier alpha value is -3.93. The molecular formula is C34H38FNO4. The molecule has 1 atom stereocenters. The number of hydrogen-bond donors (Lipinski definition) is 1. The van der Waals surface area contributed by atoms with E-state index in [2.05, 4.69) is 27.7 Å². The average molecular weight is 544 g/mol. The first-order chi connectivity index (χ1) is 19.1. The Kier molecular flexibility index (Phi) is 9.08. The van der Waals surface area contributed by atoms with E-state index in [4.69, 9.17) is 4.74 Å². The van der Waals surface area contributed by atoms with Crippen molar-refractivity contribution in [2.24, 2.45) is 0 Å². The predicted molar refractivity (Wildman–Crippen MR) is 156 cm³/mol. The minimum Gasteiger partial charge on any atom is -0.507 e. The van der Waals surface area contributed by atoms with Crippen LogP contribution >= 0.6 is 0 Å². The second kappa shape index (κ2) is 12.5. The monoisotopic (exact) mass is 543 g/mol. The van der Waals surface area contributed by atoms with E-state index in [1.807, 2.05) is 24.3 Å². The van der Waals surface area contributed by atoms with Crippen LogP contribution in [-0.4, -0.2) is 34.8 Å². The summed E-state index contributed by atoms with van der Waals surface area (Å²) in [5, 5.41) is 11.4. The van der Waals surface area contributed by atoms with Gasteiger partial charge in [-0.15, -0.1) is 0 Å². The molecule has 3 aromatic carbocycles. The maximum atomic E-state index is 13.4. The first-order valence-corrected chi connectivity index (χ1v) is 14.0. The lowest BCUT2D eigenvalue weighted by molar-refractivity contribution is -0.139. The normalized spacial score (nSPS) is 16.9. The van der Waals surface area contributed by atoms with E-state index >= 15 is 0 Å². The van der Waals surface area contributed by atoms with E-state index in [9.17, 15) is 19.1 Å².